The Kier molecular flexibility index (Phi) is 6.37. The molecule has 138 valence electrons. The second-order valence-corrected chi connectivity index (χ2v) is 5.42. The van der Waals surface area contributed by atoms with E-state index in [4.69, 9.17) is 14.2 Å². The first-order chi connectivity index (χ1) is 12.4. The van der Waals surface area contributed by atoms with Crippen LogP contribution in [0.3, 0.4) is 0 Å². The van der Waals surface area contributed by atoms with Gasteiger partial charge in [0.05, 0.1) is 25.2 Å². The molecule has 2 rings (SSSR count). The summed E-state index contributed by atoms with van der Waals surface area (Å²) in [6.45, 7) is 1.83. The van der Waals surface area contributed by atoms with Gasteiger partial charge in [-0.25, -0.2) is 0 Å². The number of nitrogens with one attached hydrogen (secondary N) is 1. The molecule has 0 heterocycles. The van der Waals surface area contributed by atoms with Gasteiger partial charge in [0, 0.05) is 6.54 Å². The number of hydrogen-bond donors (Lipinski definition) is 1. The van der Waals surface area contributed by atoms with Gasteiger partial charge in [0.1, 0.15) is 11.5 Å². The minimum absolute atomic E-state index is 0.00268. The highest BCUT2D eigenvalue weighted by Gasteiger charge is 2.22. The monoisotopic (exact) mass is 360 g/mol. The van der Waals surface area contributed by atoms with Crippen molar-refractivity contribution in [2.75, 3.05) is 14.2 Å². The SMILES string of the molecule is COc1ccc(CNC(=O)[C@H](C)Oc2ccc(OC)cc2[N+](=O)[O-])cc1. The first-order valence-corrected chi connectivity index (χ1v) is 7.84. The number of nitrogens with zero attached hydrogens (tertiary/aromatic N) is 1. The zero-order chi connectivity index (χ0) is 19.1. The van der Waals surface area contributed by atoms with Gasteiger partial charge in [-0.2, -0.15) is 0 Å². The summed E-state index contributed by atoms with van der Waals surface area (Å²) in [4.78, 5) is 22.8. The lowest BCUT2D eigenvalue weighted by atomic mass is 10.2. The fourth-order valence-electron chi connectivity index (χ4n) is 2.19. The summed E-state index contributed by atoms with van der Waals surface area (Å²) in [5.74, 6) is 0.679. The van der Waals surface area contributed by atoms with E-state index in [-0.39, 0.29) is 17.3 Å². The summed E-state index contributed by atoms with van der Waals surface area (Å²) in [6.07, 6.45) is -0.902. The molecule has 2 aromatic carbocycles. The second-order valence-electron chi connectivity index (χ2n) is 5.42. The lowest BCUT2D eigenvalue weighted by molar-refractivity contribution is -0.386. The largest absolute Gasteiger partial charge is 0.497 e. The van der Waals surface area contributed by atoms with Crippen LogP contribution >= 0.6 is 0 Å². The quantitative estimate of drug-likeness (QED) is 0.574. The summed E-state index contributed by atoms with van der Waals surface area (Å²) in [6, 6.07) is 11.4. The second kappa shape index (κ2) is 8.70. The van der Waals surface area contributed by atoms with Gasteiger partial charge in [-0.05, 0) is 36.8 Å². The van der Waals surface area contributed by atoms with Gasteiger partial charge in [0.15, 0.2) is 11.9 Å². The third kappa shape index (κ3) is 4.85. The van der Waals surface area contributed by atoms with Crippen LogP contribution in [0.2, 0.25) is 0 Å². The molecule has 1 N–H and O–H groups in total. The Morgan fingerprint density at radius 1 is 1.12 bits per heavy atom. The van der Waals surface area contributed by atoms with Crippen LogP contribution < -0.4 is 19.5 Å². The maximum Gasteiger partial charge on any atom is 0.314 e. The van der Waals surface area contributed by atoms with Crippen molar-refractivity contribution in [3.63, 3.8) is 0 Å². The molecule has 0 aliphatic carbocycles. The fraction of sp³-hybridized carbons (Fsp3) is 0.278. The molecule has 2 aromatic rings. The molecular weight excluding hydrogens is 340 g/mol. The Morgan fingerprint density at radius 3 is 2.31 bits per heavy atom. The molecule has 0 spiro atoms. The number of methoxy groups -OCH3 is 2. The number of carbonyl (C=O) groups is 1. The smallest absolute Gasteiger partial charge is 0.314 e. The third-order valence-electron chi connectivity index (χ3n) is 3.66. The van der Waals surface area contributed by atoms with E-state index in [0.717, 1.165) is 11.3 Å². The molecule has 8 heteroatoms. The molecule has 0 unspecified atom stereocenters. The lowest BCUT2D eigenvalue weighted by Gasteiger charge is -2.15. The maximum atomic E-state index is 12.2. The van der Waals surface area contributed by atoms with Crippen LogP contribution in [0.15, 0.2) is 42.5 Å². The number of benzene rings is 2. The van der Waals surface area contributed by atoms with Gasteiger partial charge in [0.25, 0.3) is 5.91 Å². The normalized spacial score (nSPS) is 11.3. The molecule has 0 saturated carbocycles. The first-order valence-electron chi connectivity index (χ1n) is 7.84. The maximum absolute atomic E-state index is 12.2. The minimum atomic E-state index is -0.902. The molecule has 0 aromatic heterocycles. The molecule has 8 nitrogen and oxygen atoms in total. The van der Waals surface area contributed by atoms with Crippen molar-refractivity contribution in [1.29, 1.82) is 0 Å². The van der Waals surface area contributed by atoms with E-state index in [1.54, 1.807) is 19.2 Å². The minimum Gasteiger partial charge on any atom is -0.497 e. The van der Waals surface area contributed by atoms with Gasteiger partial charge < -0.3 is 19.5 Å². The predicted octanol–water partition coefficient (Wildman–Crippen LogP) is 2.70. The van der Waals surface area contributed by atoms with Crippen molar-refractivity contribution < 1.29 is 23.9 Å². The Bertz CT molecular complexity index is 776. The highest BCUT2D eigenvalue weighted by atomic mass is 16.6. The van der Waals surface area contributed by atoms with Crippen LogP contribution in [-0.2, 0) is 11.3 Å². The topological polar surface area (TPSA) is 99.9 Å². The summed E-state index contributed by atoms with van der Waals surface area (Å²) >= 11 is 0. The van der Waals surface area contributed by atoms with Gasteiger partial charge in [0.2, 0.25) is 0 Å². The molecule has 0 bridgehead atoms. The Balaban J connectivity index is 1.99. The van der Waals surface area contributed by atoms with Crippen molar-refractivity contribution in [3.8, 4) is 17.2 Å². The van der Waals surface area contributed by atoms with Crippen LogP contribution in [0.4, 0.5) is 5.69 Å². The predicted molar refractivity (Wildman–Crippen MR) is 94.6 cm³/mol. The zero-order valence-corrected chi connectivity index (χ0v) is 14.7. The number of ether oxygens (including phenoxy) is 3. The van der Waals surface area contributed by atoms with Crippen molar-refractivity contribution >= 4 is 11.6 Å². The average molecular weight is 360 g/mol. The molecule has 0 saturated heterocycles. The number of carbonyl (C=O) groups excluding carboxylic acids is 1. The van der Waals surface area contributed by atoms with E-state index >= 15 is 0 Å². The van der Waals surface area contributed by atoms with Crippen LogP contribution in [0, 0.1) is 10.1 Å². The molecule has 1 amide bonds. The third-order valence-corrected chi connectivity index (χ3v) is 3.66. The van der Waals surface area contributed by atoms with E-state index < -0.39 is 11.0 Å². The van der Waals surface area contributed by atoms with Gasteiger partial charge in [-0.1, -0.05) is 12.1 Å². The van der Waals surface area contributed by atoms with Crippen molar-refractivity contribution in [1.82, 2.24) is 5.32 Å². The Labute approximate surface area is 150 Å². The first kappa shape index (κ1) is 19.0. The van der Waals surface area contributed by atoms with Crippen molar-refractivity contribution in [3.05, 3.63) is 58.1 Å². The molecule has 1 atom stereocenters. The number of amides is 1. The molecule has 26 heavy (non-hydrogen) atoms. The molecule has 0 fully saturated rings. The van der Waals surface area contributed by atoms with E-state index in [1.807, 2.05) is 12.1 Å². The highest BCUT2D eigenvalue weighted by Crippen LogP contribution is 2.31. The van der Waals surface area contributed by atoms with Crippen LogP contribution in [0.1, 0.15) is 12.5 Å². The van der Waals surface area contributed by atoms with E-state index in [2.05, 4.69) is 5.32 Å². The highest BCUT2D eigenvalue weighted by molar-refractivity contribution is 5.80. The number of hydrogen-bond acceptors (Lipinski definition) is 6. The fourth-order valence-corrected chi connectivity index (χ4v) is 2.19. The summed E-state index contributed by atoms with van der Waals surface area (Å²) in [5.41, 5.74) is 0.626. The van der Waals surface area contributed by atoms with E-state index in [9.17, 15) is 14.9 Å². The van der Waals surface area contributed by atoms with Gasteiger partial charge >= 0.3 is 5.69 Å². The van der Waals surface area contributed by atoms with Crippen molar-refractivity contribution in [2.45, 2.75) is 19.6 Å². The molecule has 0 aliphatic heterocycles. The van der Waals surface area contributed by atoms with Crippen LogP contribution in [-0.4, -0.2) is 31.2 Å². The van der Waals surface area contributed by atoms with E-state index in [1.165, 1.54) is 32.2 Å². The summed E-state index contributed by atoms with van der Waals surface area (Å²) < 4.78 is 15.5. The van der Waals surface area contributed by atoms with Crippen molar-refractivity contribution in [2.24, 2.45) is 0 Å². The molecule has 0 aliphatic rings. The van der Waals surface area contributed by atoms with Gasteiger partial charge in [-0.3, -0.25) is 14.9 Å². The Hall–Kier alpha value is -3.29. The number of rotatable bonds is 8. The van der Waals surface area contributed by atoms with Crippen LogP contribution in [0.25, 0.3) is 0 Å². The molecular formula is C18H20N2O6. The zero-order valence-electron chi connectivity index (χ0n) is 14.7. The average Bonchev–Trinajstić information content (AvgIpc) is 2.66. The van der Waals surface area contributed by atoms with Crippen LogP contribution in [0.5, 0.6) is 17.2 Å². The summed E-state index contributed by atoms with van der Waals surface area (Å²) in [7, 11) is 2.99. The number of nitro groups is 1. The van der Waals surface area contributed by atoms with E-state index in [0.29, 0.717) is 12.3 Å². The lowest BCUT2D eigenvalue weighted by Crippen LogP contribution is -2.36. The standard InChI is InChI=1S/C18H20N2O6/c1-12(18(21)19-11-13-4-6-14(24-2)7-5-13)26-17-9-8-15(25-3)10-16(17)20(22)23/h4-10,12H,11H2,1-3H3,(H,19,21)/t12-/m0/s1. The number of nitro benzene ring substituents is 1. The van der Waals surface area contributed by atoms with Gasteiger partial charge in [-0.15, -0.1) is 0 Å². The Morgan fingerprint density at radius 2 is 1.73 bits per heavy atom. The summed E-state index contributed by atoms with van der Waals surface area (Å²) in [5, 5.41) is 13.9. The molecule has 0 radical (unpaired) electrons.